The maximum atomic E-state index is 12.7. The molecule has 0 spiro atoms. The molecule has 0 radical (unpaired) electrons. The Hall–Kier alpha value is -1.66. The number of nitrogens with two attached hydrogens (primary N) is 1. The van der Waals surface area contributed by atoms with Gasteiger partial charge in [0.05, 0.1) is 12.7 Å². The Kier molecular flexibility index (Phi) is 29.6. The summed E-state index contributed by atoms with van der Waals surface area (Å²) in [6.45, 7) is 2.08. The Morgan fingerprint density at radius 3 is 1.69 bits per heavy atom. The second kappa shape index (κ2) is 31.8. The van der Waals surface area contributed by atoms with Crippen LogP contribution in [0.15, 0.2) is 24.3 Å². The van der Waals surface area contributed by atoms with E-state index in [2.05, 4.69) is 6.92 Å². The van der Waals surface area contributed by atoms with E-state index >= 15 is 0 Å². The van der Waals surface area contributed by atoms with Crippen LogP contribution in [-0.2, 0) is 20.7 Å². The molecule has 0 bridgehead atoms. The summed E-state index contributed by atoms with van der Waals surface area (Å²) in [5.41, 5.74) is 6.30. The Balaban J connectivity index is 0.000000397. The van der Waals surface area contributed by atoms with Gasteiger partial charge in [0.15, 0.2) is 6.29 Å². The number of benzene rings is 1. The van der Waals surface area contributed by atoms with Crippen molar-refractivity contribution < 1.29 is 44.2 Å². The number of carbonyl (C=O) groups is 1. The summed E-state index contributed by atoms with van der Waals surface area (Å²) in [7, 11) is 0. The Labute approximate surface area is 308 Å². The average Bonchev–Trinajstić information content (AvgIpc) is 3.91. The molecule has 7 N–H and O–H groups in total. The highest BCUT2D eigenvalue weighted by atomic mass is 19.1. The smallest absolute Gasteiger partial charge is 0.217 e. The number of hydrogen-bond acceptors (Lipinski definition) is 8. The summed E-state index contributed by atoms with van der Waals surface area (Å²) in [6.07, 6.45) is 26.3. The molecule has 3 rings (SSSR count). The highest BCUT2D eigenvalue weighted by molar-refractivity contribution is 5.73. The Morgan fingerprint density at radius 2 is 1.20 bits per heavy atom. The van der Waals surface area contributed by atoms with Crippen molar-refractivity contribution in [3.05, 3.63) is 35.6 Å². The van der Waals surface area contributed by atoms with E-state index in [1.165, 1.54) is 133 Å². The molecule has 10 heteroatoms. The van der Waals surface area contributed by atoms with Crippen LogP contribution in [0.25, 0.3) is 0 Å². The van der Waals surface area contributed by atoms with Gasteiger partial charge in [0.2, 0.25) is 5.91 Å². The van der Waals surface area contributed by atoms with E-state index < -0.39 is 30.7 Å². The van der Waals surface area contributed by atoms with Gasteiger partial charge in [-0.15, -0.1) is 0 Å². The van der Waals surface area contributed by atoms with E-state index in [-0.39, 0.29) is 31.0 Å². The zero-order valence-corrected chi connectivity index (χ0v) is 31.8. The van der Waals surface area contributed by atoms with Gasteiger partial charge in [0.25, 0.3) is 0 Å². The highest BCUT2D eigenvalue weighted by Gasteiger charge is 2.55. The van der Waals surface area contributed by atoms with Crippen molar-refractivity contribution in [3.63, 3.8) is 0 Å². The van der Waals surface area contributed by atoms with Crippen LogP contribution in [0, 0.1) is 5.82 Å². The second-order valence-corrected chi connectivity index (χ2v) is 14.4. The Bertz CT molecular complexity index is 939. The van der Waals surface area contributed by atoms with Crippen LogP contribution in [0.1, 0.15) is 167 Å². The van der Waals surface area contributed by atoms with Crippen molar-refractivity contribution in [2.75, 3.05) is 13.2 Å². The lowest BCUT2D eigenvalue weighted by atomic mass is 10.0. The SMILES string of the molecule is CCCCCCCCCCCCCCCC(O)CCO.NC(=O)CCCCCCCCCCc1ccc(F)cc1.OCC1OC2OC2C(O)C1O. The molecular formula is C41H74FNO8. The number of carbonyl (C=O) groups excluding carboxylic acids is 1. The number of aliphatic hydroxyl groups excluding tert-OH is 5. The van der Waals surface area contributed by atoms with E-state index in [1.54, 1.807) is 0 Å². The van der Waals surface area contributed by atoms with E-state index in [1.807, 2.05) is 12.1 Å². The van der Waals surface area contributed by atoms with Gasteiger partial charge in [-0.05, 0) is 49.8 Å². The number of epoxide rings is 1. The van der Waals surface area contributed by atoms with Crippen molar-refractivity contribution in [2.24, 2.45) is 5.73 Å². The first-order chi connectivity index (χ1) is 24.7. The molecule has 1 amide bonds. The minimum absolute atomic E-state index is 0.111. The van der Waals surface area contributed by atoms with Crippen LogP contribution in [0.2, 0.25) is 0 Å². The topological polar surface area (TPSA) is 166 Å². The first kappa shape index (κ1) is 47.4. The fraction of sp³-hybridized carbons (Fsp3) is 0.829. The average molecular weight is 728 g/mol. The van der Waals surface area contributed by atoms with Gasteiger partial charge in [-0.3, -0.25) is 4.79 Å². The molecule has 51 heavy (non-hydrogen) atoms. The number of halogens is 1. The van der Waals surface area contributed by atoms with Gasteiger partial charge in [0.1, 0.15) is 30.2 Å². The molecular weight excluding hydrogens is 653 g/mol. The largest absolute Gasteiger partial charge is 0.396 e. The number of rotatable bonds is 28. The van der Waals surface area contributed by atoms with Crippen molar-refractivity contribution in [2.45, 2.75) is 204 Å². The first-order valence-electron chi connectivity index (χ1n) is 20.3. The van der Waals surface area contributed by atoms with Crippen molar-refractivity contribution in [1.29, 1.82) is 0 Å². The normalized spacial score (nSPS) is 21.1. The summed E-state index contributed by atoms with van der Waals surface area (Å²) in [5, 5.41) is 45.3. The summed E-state index contributed by atoms with van der Waals surface area (Å²) >= 11 is 0. The van der Waals surface area contributed by atoms with Crippen LogP contribution in [0.3, 0.4) is 0 Å². The van der Waals surface area contributed by atoms with Crippen LogP contribution in [0.4, 0.5) is 4.39 Å². The third-order valence-corrected chi connectivity index (χ3v) is 9.69. The van der Waals surface area contributed by atoms with Crippen LogP contribution in [0.5, 0.6) is 0 Å². The van der Waals surface area contributed by atoms with E-state index in [4.69, 9.17) is 25.4 Å². The van der Waals surface area contributed by atoms with Gasteiger partial charge in [-0.1, -0.05) is 141 Å². The lowest BCUT2D eigenvalue weighted by Crippen LogP contribution is -2.48. The van der Waals surface area contributed by atoms with Crippen LogP contribution in [-0.4, -0.2) is 81.5 Å². The number of primary amides is 1. The zero-order chi connectivity index (χ0) is 37.5. The molecule has 9 nitrogen and oxygen atoms in total. The molecule has 2 aliphatic heterocycles. The molecule has 2 saturated heterocycles. The second-order valence-electron chi connectivity index (χ2n) is 14.4. The molecule has 298 valence electrons. The van der Waals surface area contributed by atoms with Gasteiger partial charge in [-0.25, -0.2) is 4.39 Å². The number of unbranched alkanes of at least 4 members (excludes halogenated alkanes) is 19. The molecule has 2 heterocycles. The number of aliphatic hydroxyl groups is 5. The molecule has 1 aromatic rings. The minimum atomic E-state index is -1.04. The van der Waals surface area contributed by atoms with Crippen molar-refractivity contribution in [1.82, 2.24) is 0 Å². The summed E-state index contributed by atoms with van der Waals surface area (Å²) < 4.78 is 22.6. The molecule has 6 unspecified atom stereocenters. The molecule has 2 fully saturated rings. The molecule has 0 saturated carbocycles. The number of aryl methyl sites for hydroxylation is 1. The first-order valence-corrected chi connectivity index (χ1v) is 20.3. The molecule has 0 aromatic heterocycles. The zero-order valence-electron chi connectivity index (χ0n) is 31.8. The number of fused-ring (bicyclic) bond motifs is 1. The maximum absolute atomic E-state index is 12.7. The summed E-state index contributed by atoms with van der Waals surface area (Å²) in [6, 6.07) is 6.80. The maximum Gasteiger partial charge on any atom is 0.217 e. The van der Waals surface area contributed by atoms with Crippen molar-refractivity contribution >= 4 is 5.91 Å². The third-order valence-electron chi connectivity index (χ3n) is 9.69. The van der Waals surface area contributed by atoms with Gasteiger partial charge >= 0.3 is 0 Å². The lowest BCUT2D eigenvalue weighted by molar-refractivity contribution is -0.144. The predicted octanol–water partition coefficient (Wildman–Crippen LogP) is 7.40. The predicted molar refractivity (Wildman–Crippen MR) is 202 cm³/mol. The number of ether oxygens (including phenoxy) is 2. The summed E-state index contributed by atoms with van der Waals surface area (Å²) in [4.78, 5) is 10.5. The number of hydrogen-bond donors (Lipinski definition) is 6. The van der Waals surface area contributed by atoms with Crippen molar-refractivity contribution in [3.8, 4) is 0 Å². The number of amides is 1. The lowest BCUT2D eigenvalue weighted by Gasteiger charge is -2.27. The molecule has 2 aliphatic rings. The quantitative estimate of drug-likeness (QED) is 0.0384. The standard InChI is InChI=1S/C18H38O2.C17H26FNO.C6H10O5/c1-2-3-4-5-6-7-8-9-10-11-12-13-14-15-18(20)16-17-19;18-16-13-11-15(12-14-16)9-7-5-3-1-2-4-6-8-10-17(19)20;7-1-2-3(8)4(9)5-6(10-2)11-5/h18-20H,2-17H2,1H3;11-14H,1-10H2,(H2,19,20);2-9H,1H2. The summed E-state index contributed by atoms with van der Waals surface area (Å²) in [5.74, 6) is -0.351. The Morgan fingerprint density at radius 1 is 0.706 bits per heavy atom. The molecule has 6 atom stereocenters. The molecule has 1 aromatic carbocycles. The third kappa shape index (κ3) is 25.9. The molecule has 0 aliphatic carbocycles. The fourth-order valence-corrected chi connectivity index (χ4v) is 6.31. The van der Waals surface area contributed by atoms with Gasteiger partial charge in [0, 0.05) is 13.0 Å². The van der Waals surface area contributed by atoms with E-state index in [0.29, 0.717) is 12.8 Å². The van der Waals surface area contributed by atoms with Gasteiger partial charge in [-0.2, -0.15) is 0 Å². The van der Waals surface area contributed by atoms with Gasteiger partial charge < -0.3 is 40.7 Å². The van der Waals surface area contributed by atoms with E-state index in [9.17, 15) is 24.5 Å². The fourth-order valence-electron chi connectivity index (χ4n) is 6.31. The monoisotopic (exact) mass is 728 g/mol. The minimum Gasteiger partial charge on any atom is -0.396 e. The van der Waals surface area contributed by atoms with E-state index in [0.717, 1.165) is 32.1 Å². The van der Waals surface area contributed by atoms with Crippen LogP contribution < -0.4 is 5.73 Å². The highest BCUT2D eigenvalue weighted by Crippen LogP contribution is 2.35. The van der Waals surface area contributed by atoms with Crippen LogP contribution >= 0.6 is 0 Å².